The molecule has 0 saturated heterocycles. The summed E-state index contributed by atoms with van der Waals surface area (Å²) < 4.78 is 27.4. The fourth-order valence-corrected chi connectivity index (χ4v) is 6.26. The van der Waals surface area contributed by atoms with E-state index >= 15 is 0 Å². The van der Waals surface area contributed by atoms with E-state index in [4.69, 9.17) is 0 Å². The van der Waals surface area contributed by atoms with E-state index in [-0.39, 0.29) is 0 Å². The topological polar surface area (TPSA) is 43.4 Å². The van der Waals surface area contributed by atoms with Gasteiger partial charge in [0.1, 0.15) is 0 Å². The lowest BCUT2D eigenvalue weighted by molar-refractivity contribution is 0.537. The maximum Gasteiger partial charge on any atom is 0.0616 e. The zero-order valence-electron chi connectivity index (χ0n) is 20.3. The van der Waals surface area contributed by atoms with Gasteiger partial charge in [-0.05, 0) is 69.4 Å². The maximum absolute atomic E-state index is 11.7. The summed E-state index contributed by atoms with van der Waals surface area (Å²) in [6, 6.07) is 43.5. The first-order valence-electron chi connectivity index (χ1n) is 12.0. The van der Waals surface area contributed by atoms with Crippen LogP contribution in [0.1, 0.15) is 0 Å². The molecule has 7 aromatic rings. The van der Waals surface area contributed by atoms with Crippen LogP contribution >= 0.6 is 22.7 Å². The van der Waals surface area contributed by atoms with Crippen LogP contribution in [0.3, 0.4) is 0 Å². The lowest BCUT2D eigenvalue weighted by Crippen LogP contribution is -2.19. The Balaban J connectivity index is 0.000000134. The Kier molecular flexibility index (Phi) is 8.58. The Labute approximate surface area is 232 Å². The number of hydrogen-bond donors (Lipinski definition) is 0. The first-order valence-corrected chi connectivity index (χ1v) is 14.8. The Bertz CT molecular complexity index is 1640. The summed E-state index contributed by atoms with van der Waals surface area (Å²) in [4.78, 5) is 0. The molecule has 0 saturated carbocycles. The number of fused-ring (bicyclic) bond motifs is 3. The molecule has 2 aromatic heterocycles. The smallest absolute Gasteiger partial charge is 0.0616 e. The Morgan fingerprint density at radius 2 is 1.03 bits per heavy atom. The summed E-state index contributed by atoms with van der Waals surface area (Å²) in [5.74, 6) is 0. The molecule has 38 heavy (non-hydrogen) atoms. The molecular formula is C32H24NO2S3-. The van der Waals surface area contributed by atoms with E-state index in [1.807, 2.05) is 60.7 Å². The van der Waals surface area contributed by atoms with Gasteiger partial charge in [-0.25, -0.2) is 0 Å². The third kappa shape index (κ3) is 6.18. The van der Waals surface area contributed by atoms with Crippen LogP contribution in [0.5, 0.6) is 0 Å². The largest absolute Gasteiger partial charge is 0.755 e. The molecule has 0 amide bonds. The highest BCUT2D eigenvalue weighted by atomic mass is 32.2. The van der Waals surface area contributed by atoms with Crippen molar-refractivity contribution >= 4 is 76.3 Å². The standard InChI is InChI=1S/C16H13NO2S.2C8H6S/c18-20(19)17(14-9-2-1-3-10-14)16-12-6-8-13-7-4-5-11-15(13)16;2*1-2-4-8-7(3-1)5-6-9-8/h1-12H,(H,18,19);2*1-6H/p-1. The fraction of sp³-hybridized carbons (Fsp3) is 0. The van der Waals surface area contributed by atoms with Gasteiger partial charge < -0.3 is 4.55 Å². The van der Waals surface area contributed by atoms with Crippen LogP contribution < -0.4 is 4.31 Å². The lowest BCUT2D eigenvalue weighted by Gasteiger charge is -2.27. The molecule has 3 nitrogen and oxygen atoms in total. The normalized spacial score (nSPS) is 11.3. The van der Waals surface area contributed by atoms with Crippen LogP contribution in [-0.2, 0) is 11.3 Å². The number of benzene rings is 5. The van der Waals surface area contributed by atoms with E-state index in [0.717, 1.165) is 10.8 Å². The third-order valence-electron chi connectivity index (χ3n) is 5.85. The Morgan fingerprint density at radius 1 is 0.526 bits per heavy atom. The van der Waals surface area contributed by atoms with Crippen LogP contribution in [0.15, 0.2) is 144 Å². The van der Waals surface area contributed by atoms with Crippen molar-refractivity contribution in [2.45, 2.75) is 0 Å². The highest BCUT2D eigenvalue weighted by Crippen LogP contribution is 2.33. The van der Waals surface area contributed by atoms with Gasteiger partial charge in [0.25, 0.3) is 0 Å². The van der Waals surface area contributed by atoms with Crippen molar-refractivity contribution in [2.24, 2.45) is 0 Å². The summed E-state index contributed by atoms with van der Waals surface area (Å²) in [5.41, 5.74) is 1.28. The van der Waals surface area contributed by atoms with E-state index in [2.05, 4.69) is 71.4 Å². The van der Waals surface area contributed by atoms with E-state index < -0.39 is 11.3 Å². The molecule has 1 atom stereocenters. The predicted molar refractivity (Wildman–Crippen MR) is 165 cm³/mol. The SMILES string of the molecule is O=S([O-])N(c1ccccc1)c1cccc2ccccc12.c1ccc2sccc2c1.c1ccc2sccc2c1. The summed E-state index contributed by atoms with van der Waals surface area (Å²) in [5, 5.41) is 8.85. The average Bonchev–Trinajstić information content (AvgIpc) is 3.64. The summed E-state index contributed by atoms with van der Waals surface area (Å²) in [6.45, 7) is 0. The number of thiophene rings is 2. The van der Waals surface area contributed by atoms with Crippen LogP contribution in [-0.4, -0.2) is 8.76 Å². The summed E-state index contributed by atoms with van der Waals surface area (Å²) >= 11 is 1.20. The van der Waals surface area contributed by atoms with E-state index in [0.29, 0.717) is 11.4 Å². The highest BCUT2D eigenvalue weighted by Gasteiger charge is 2.12. The fourth-order valence-electron chi connectivity index (χ4n) is 4.07. The Hall–Kier alpha value is -3.81. The maximum atomic E-state index is 11.7. The van der Waals surface area contributed by atoms with E-state index in [1.165, 1.54) is 24.5 Å². The predicted octanol–water partition coefficient (Wildman–Crippen LogP) is 9.57. The monoisotopic (exact) mass is 550 g/mol. The molecule has 0 N–H and O–H groups in total. The summed E-state index contributed by atoms with van der Waals surface area (Å²) in [6.07, 6.45) is 0. The second-order valence-electron chi connectivity index (χ2n) is 8.26. The molecule has 0 spiro atoms. The Morgan fingerprint density at radius 3 is 1.61 bits per heavy atom. The molecular weight excluding hydrogens is 527 g/mol. The van der Waals surface area contributed by atoms with Crippen molar-refractivity contribution in [1.29, 1.82) is 0 Å². The van der Waals surface area contributed by atoms with E-state index in [9.17, 15) is 8.76 Å². The molecule has 0 bridgehead atoms. The molecule has 0 aliphatic carbocycles. The first kappa shape index (κ1) is 25.8. The number of para-hydroxylation sites is 1. The van der Waals surface area contributed by atoms with Gasteiger partial charge in [0.05, 0.1) is 22.6 Å². The van der Waals surface area contributed by atoms with Gasteiger partial charge in [0.2, 0.25) is 0 Å². The van der Waals surface area contributed by atoms with Crippen molar-refractivity contribution in [1.82, 2.24) is 0 Å². The van der Waals surface area contributed by atoms with Crippen molar-refractivity contribution in [3.63, 3.8) is 0 Å². The van der Waals surface area contributed by atoms with Crippen LogP contribution in [0.2, 0.25) is 0 Å². The van der Waals surface area contributed by atoms with Crippen molar-refractivity contribution in [3.05, 3.63) is 144 Å². The number of anilines is 2. The molecule has 0 radical (unpaired) electrons. The van der Waals surface area contributed by atoms with Gasteiger partial charge in [0.15, 0.2) is 0 Å². The number of rotatable bonds is 3. The molecule has 0 fully saturated rings. The van der Waals surface area contributed by atoms with Gasteiger partial charge >= 0.3 is 0 Å². The average molecular weight is 551 g/mol. The molecule has 188 valence electrons. The van der Waals surface area contributed by atoms with Gasteiger partial charge in [-0.1, -0.05) is 91.0 Å². The van der Waals surface area contributed by atoms with Crippen LogP contribution in [0.4, 0.5) is 11.4 Å². The van der Waals surface area contributed by atoms with E-state index in [1.54, 1.807) is 34.8 Å². The lowest BCUT2D eigenvalue weighted by atomic mass is 10.1. The first-order chi connectivity index (χ1) is 18.7. The second kappa shape index (κ2) is 12.6. The zero-order chi connectivity index (χ0) is 26.2. The zero-order valence-corrected chi connectivity index (χ0v) is 22.8. The second-order valence-corrected chi connectivity index (χ2v) is 11.0. The van der Waals surface area contributed by atoms with Crippen LogP contribution in [0, 0.1) is 0 Å². The van der Waals surface area contributed by atoms with Crippen molar-refractivity contribution in [2.75, 3.05) is 4.31 Å². The molecule has 1 unspecified atom stereocenters. The summed E-state index contributed by atoms with van der Waals surface area (Å²) in [7, 11) is 0. The van der Waals surface area contributed by atoms with Gasteiger partial charge in [-0.2, -0.15) is 0 Å². The minimum absolute atomic E-state index is 0.622. The van der Waals surface area contributed by atoms with Crippen molar-refractivity contribution < 1.29 is 8.76 Å². The number of nitrogens with zero attached hydrogens (tertiary/aromatic N) is 1. The minimum Gasteiger partial charge on any atom is -0.755 e. The van der Waals surface area contributed by atoms with Crippen molar-refractivity contribution in [3.8, 4) is 0 Å². The molecule has 2 heterocycles. The molecule has 0 aliphatic rings. The minimum atomic E-state index is -2.38. The molecule has 5 aromatic carbocycles. The van der Waals surface area contributed by atoms with Gasteiger partial charge in [-0.3, -0.25) is 8.51 Å². The third-order valence-corrected chi connectivity index (χ3v) is 8.35. The van der Waals surface area contributed by atoms with Gasteiger partial charge in [-0.15, -0.1) is 22.7 Å². The van der Waals surface area contributed by atoms with Crippen LogP contribution in [0.25, 0.3) is 30.9 Å². The molecule has 7 rings (SSSR count). The van der Waals surface area contributed by atoms with Gasteiger partial charge in [0, 0.05) is 14.8 Å². The molecule has 6 heteroatoms. The highest BCUT2D eigenvalue weighted by molar-refractivity contribution is 7.81. The number of hydrogen-bond acceptors (Lipinski definition) is 4. The quantitative estimate of drug-likeness (QED) is 0.206. The molecule has 0 aliphatic heterocycles.